The molecule has 0 aromatic heterocycles. The van der Waals surface area contributed by atoms with E-state index >= 15 is 0 Å². The topological polar surface area (TPSA) is 135 Å². The summed E-state index contributed by atoms with van der Waals surface area (Å²) in [5.41, 5.74) is 30.3. The number of para-hydroxylation sites is 10. The molecule has 0 fully saturated rings. The van der Waals surface area contributed by atoms with Gasteiger partial charge in [-0.2, -0.15) is 26.3 Å². The molecule has 0 atom stereocenters. The first kappa shape index (κ1) is 106. The Morgan fingerprint density at radius 1 is 0.124 bits per heavy atom. The predicted octanol–water partition coefficient (Wildman–Crippen LogP) is 38.6. The minimum absolute atomic E-state index is 0.667. The molecule has 0 amide bonds. The molecular formula is C135H120N10. The lowest BCUT2D eigenvalue weighted by Crippen LogP contribution is -2.09. The Bertz CT molecular complexity index is 7220. The quantitative estimate of drug-likeness (QED) is 0.0726. The minimum Gasteiger partial charge on any atom is -0.311 e. The number of rotatable bonds is 20. The fourth-order valence-electron chi connectivity index (χ4n) is 16.0. The van der Waals surface area contributed by atoms with Gasteiger partial charge in [-0.05, 0) is 286 Å². The van der Waals surface area contributed by atoms with Crippen LogP contribution in [0.3, 0.4) is 0 Å². The van der Waals surface area contributed by atoms with Crippen LogP contribution in [-0.2, 0) is 0 Å². The van der Waals surface area contributed by atoms with Crippen LogP contribution in [0.25, 0.3) is 55.6 Å². The Morgan fingerprint density at radius 3 is 0.566 bits per heavy atom. The van der Waals surface area contributed by atoms with Gasteiger partial charge in [0, 0.05) is 85.3 Å². The van der Waals surface area contributed by atoms with E-state index in [9.17, 15) is 15.8 Å². The predicted molar refractivity (Wildman–Crippen MR) is 613 cm³/mol. The standard InChI is InChI=1S/5C25H18N2.5C2H6/c26-19-20-9-7-10-21(17-20)22-11-8-16-25(18-22)27(23-12-3-1-4-13-23)24-14-5-2-6-15-24;26-19-21-10-7-8-17-25(21)20-11-9-16-24(18-20)27(22-12-3-1-4-13-22)23-14-5-2-6-15-23;26-19-20-8-7-9-22(18-20)21-14-16-25(17-15-21)27(23-10-3-1-4-11-23)24-12-5-2-6-13-24;26-19-21-9-7-8-14-25(21)20-15-17-24(18-16-20)27(22-10-3-1-4-11-22)23-12-5-2-6-13-23;26-19-20-11-13-21(14-12-20)22-15-17-25(18-16-22)27(23-7-3-1-4-8-23)24-9-5-2-6-10-24;5*1-2/h5*1-18H;5*1-2H3. The van der Waals surface area contributed by atoms with Gasteiger partial charge in [0.25, 0.3) is 0 Å². The van der Waals surface area contributed by atoms with Crippen molar-refractivity contribution < 1.29 is 0 Å². The highest BCUT2D eigenvalue weighted by Gasteiger charge is 2.20. The normalized spacial score (nSPS) is 9.69. The smallest absolute Gasteiger partial charge is 0.0998 e. The van der Waals surface area contributed by atoms with Crippen molar-refractivity contribution in [1.29, 1.82) is 26.3 Å². The molecule has 0 saturated heterocycles. The zero-order valence-electron chi connectivity index (χ0n) is 83.9. The van der Waals surface area contributed by atoms with Gasteiger partial charge in [-0.25, -0.2) is 0 Å². The van der Waals surface area contributed by atoms with Crippen molar-refractivity contribution in [1.82, 2.24) is 0 Å². The van der Waals surface area contributed by atoms with Crippen LogP contribution >= 0.6 is 0 Å². The third kappa shape index (κ3) is 29.5. The van der Waals surface area contributed by atoms with Crippen LogP contribution in [0.5, 0.6) is 0 Å². The summed E-state index contributed by atoms with van der Waals surface area (Å²) >= 11 is 0. The molecule has 0 spiro atoms. The lowest BCUT2D eigenvalue weighted by Gasteiger charge is -2.26. The monoisotopic (exact) mass is 1880 g/mol. The maximum absolute atomic E-state index is 9.45. The number of hydrogen-bond donors (Lipinski definition) is 0. The fraction of sp³-hybridized carbons (Fsp3) is 0.0741. The second-order valence-corrected chi connectivity index (χ2v) is 31.2. The highest BCUT2D eigenvalue weighted by atomic mass is 15.2. The molecule has 0 bridgehead atoms. The summed E-state index contributed by atoms with van der Waals surface area (Å²) in [5, 5.41) is 46.1. The van der Waals surface area contributed by atoms with Crippen LogP contribution in [0.1, 0.15) is 97.1 Å². The summed E-state index contributed by atoms with van der Waals surface area (Å²) in [5.74, 6) is 0. The van der Waals surface area contributed by atoms with Crippen molar-refractivity contribution in [3.05, 3.63) is 574 Å². The van der Waals surface area contributed by atoms with E-state index in [0.29, 0.717) is 27.8 Å². The average Bonchev–Trinajstić information content (AvgIpc) is 0.829. The van der Waals surface area contributed by atoms with Gasteiger partial charge in [-0.3, -0.25) is 0 Å². The average molecular weight is 1880 g/mol. The molecule has 0 radical (unpaired) electrons. The number of nitrogens with zero attached hydrogens (tertiary/aromatic N) is 10. The number of benzene rings is 20. The van der Waals surface area contributed by atoms with Gasteiger partial charge < -0.3 is 24.5 Å². The summed E-state index contributed by atoms with van der Waals surface area (Å²) in [4.78, 5) is 11.1. The van der Waals surface area contributed by atoms with E-state index in [0.717, 1.165) is 141 Å². The van der Waals surface area contributed by atoms with Gasteiger partial charge in [0.15, 0.2) is 0 Å². The highest BCUT2D eigenvalue weighted by Crippen LogP contribution is 2.43. The Hall–Kier alpha value is -19.2. The molecule has 0 aliphatic rings. The third-order valence-corrected chi connectivity index (χ3v) is 22.4. The van der Waals surface area contributed by atoms with E-state index in [1.54, 1.807) is 0 Å². The van der Waals surface area contributed by atoms with Crippen molar-refractivity contribution in [3.8, 4) is 86.0 Å². The zero-order chi connectivity index (χ0) is 102. The first-order chi connectivity index (χ1) is 71.8. The second kappa shape index (κ2) is 58.6. The van der Waals surface area contributed by atoms with Crippen molar-refractivity contribution in [3.63, 3.8) is 0 Å². The zero-order valence-corrected chi connectivity index (χ0v) is 83.9. The molecule has 0 unspecified atom stereocenters. The van der Waals surface area contributed by atoms with Crippen LogP contribution in [-0.4, -0.2) is 0 Å². The van der Waals surface area contributed by atoms with Gasteiger partial charge in [0.1, 0.15) is 0 Å². The SMILES string of the molecule is CC.CC.CC.CC.CC.N#Cc1ccc(-c2ccc(N(c3ccccc3)c3ccccc3)cc2)cc1.N#Cc1cccc(-c2ccc(N(c3ccccc3)c3ccccc3)cc2)c1.N#Cc1cccc(-c2cccc(N(c3ccccc3)c3ccccc3)c2)c1.N#Cc1ccccc1-c1ccc(N(c2ccccc2)c2ccccc2)cc1.N#Cc1ccccc1-c1cccc(N(c2ccccc2)c2ccccc2)c1. The lowest BCUT2D eigenvalue weighted by atomic mass is 9.99. The van der Waals surface area contributed by atoms with Crippen molar-refractivity contribution in [2.75, 3.05) is 24.5 Å². The Balaban J connectivity index is 0.000000169. The summed E-state index contributed by atoms with van der Waals surface area (Å²) < 4.78 is 0. The lowest BCUT2D eigenvalue weighted by molar-refractivity contribution is 1.28. The minimum atomic E-state index is 0.667. The van der Waals surface area contributed by atoms with Crippen LogP contribution in [0.4, 0.5) is 85.3 Å². The van der Waals surface area contributed by atoms with E-state index in [1.165, 1.54) is 0 Å². The number of nitriles is 5. The molecule has 145 heavy (non-hydrogen) atoms. The van der Waals surface area contributed by atoms with Crippen LogP contribution in [0.2, 0.25) is 0 Å². The Labute approximate surface area is 859 Å². The number of hydrogen-bond acceptors (Lipinski definition) is 10. The van der Waals surface area contributed by atoms with Crippen LogP contribution < -0.4 is 24.5 Å². The molecule has 0 heterocycles. The van der Waals surface area contributed by atoms with Gasteiger partial charge in [-0.15, -0.1) is 0 Å². The molecule has 0 aliphatic heterocycles. The molecule has 0 saturated carbocycles. The first-order valence-electron chi connectivity index (χ1n) is 49.3. The Morgan fingerprint density at radius 2 is 0.303 bits per heavy atom. The third-order valence-electron chi connectivity index (χ3n) is 22.4. The maximum Gasteiger partial charge on any atom is 0.0998 e. The fourth-order valence-corrected chi connectivity index (χ4v) is 16.0. The summed E-state index contributed by atoms with van der Waals surface area (Å²) in [6, 6.07) is 195. The summed E-state index contributed by atoms with van der Waals surface area (Å²) in [6.07, 6.45) is 0. The van der Waals surface area contributed by atoms with Crippen molar-refractivity contribution in [2.24, 2.45) is 0 Å². The molecule has 20 rings (SSSR count). The van der Waals surface area contributed by atoms with E-state index in [4.69, 9.17) is 10.5 Å². The second-order valence-electron chi connectivity index (χ2n) is 31.2. The van der Waals surface area contributed by atoms with Gasteiger partial charge in [0.2, 0.25) is 0 Å². The maximum atomic E-state index is 9.45. The molecule has 20 aromatic carbocycles. The molecule has 20 aromatic rings. The molecule has 710 valence electrons. The van der Waals surface area contributed by atoms with E-state index in [2.05, 4.69) is 310 Å². The van der Waals surface area contributed by atoms with Gasteiger partial charge in [-0.1, -0.05) is 385 Å². The molecule has 10 heteroatoms. The molecular weight excluding hydrogens is 1760 g/mol. The van der Waals surface area contributed by atoms with E-state index in [-0.39, 0.29) is 0 Å². The van der Waals surface area contributed by atoms with Crippen LogP contribution in [0.15, 0.2) is 546 Å². The van der Waals surface area contributed by atoms with Gasteiger partial charge in [0.05, 0.1) is 58.2 Å². The summed E-state index contributed by atoms with van der Waals surface area (Å²) in [7, 11) is 0. The van der Waals surface area contributed by atoms with Crippen molar-refractivity contribution >= 4 is 85.3 Å². The first-order valence-corrected chi connectivity index (χ1v) is 49.3. The highest BCUT2D eigenvalue weighted by molar-refractivity contribution is 5.86. The molecule has 10 nitrogen and oxygen atoms in total. The van der Waals surface area contributed by atoms with Crippen molar-refractivity contribution in [2.45, 2.75) is 69.2 Å². The Kier molecular flexibility index (Phi) is 42.9. The van der Waals surface area contributed by atoms with E-state index in [1.807, 2.05) is 360 Å². The molecule has 0 N–H and O–H groups in total. The molecule has 0 aliphatic carbocycles. The van der Waals surface area contributed by atoms with E-state index < -0.39 is 0 Å². The largest absolute Gasteiger partial charge is 0.311 e. The van der Waals surface area contributed by atoms with Crippen LogP contribution in [0, 0.1) is 56.7 Å². The number of anilines is 15. The van der Waals surface area contributed by atoms with Gasteiger partial charge >= 0.3 is 0 Å². The summed E-state index contributed by atoms with van der Waals surface area (Å²) in [6.45, 7) is 20.0.